The summed E-state index contributed by atoms with van der Waals surface area (Å²) in [6, 6.07) is 15.1. The molecule has 0 radical (unpaired) electrons. The average Bonchev–Trinajstić information content (AvgIpc) is 2.70. The fourth-order valence-corrected chi connectivity index (χ4v) is 3.08. The van der Waals surface area contributed by atoms with Crippen LogP contribution in [0, 0.1) is 17.1 Å². The van der Waals surface area contributed by atoms with Crippen molar-refractivity contribution < 1.29 is 14.0 Å². The van der Waals surface area contributed by atoms with E-state index in [0.29, 0.717) is 16.7 Å². The van der Waals surface area contributed by atoms with Crippen molar-refractivity contribution in [2.45, 2.75) is 13.5 Å². The molecule has 0 aromatic heterocycles. The lowest BCUT2D eigenvalue weighted by Crippen LogP contribution is -2.42. The first-order valence-electron chi connectivity index (χ1n) is 9.03. The maximum absolute atomic E-state index is 13.2. The van der Waals surface area contributed by atoms with Gasteiger partial charge in [-0.05, 0) is 54.0 Å². The van der Waals surface area contributed by atoms with Gasteiger partial charge in [0.05, 0.1) is 6.54 Å². The van der Waals surface area contributed by atoms with Crippen molar-refractivity contribution in [3.8, 4) is 6.07 Å². The van der Waals surface area contributed by atoms with Gasteiger partial charge in [0.25, 0.3) is 11.8 Å². The first-order chi connectivity index (χ1) is 13.8. The van der Waals surface area contributed by atoms with Crippen molar-refractivity contribution >= 4 is 23.6 Å². The number of imide groups is 1. The molecule has 2 aromatic carbocycles. The molecule has 146 valence electrons. The first kappa shape index (κ1) is 20.0. The van der Waals surface area contributed by atoms with E-state index in [1.54, 1.807) is 13.0 Å². The van der Waals surface area contributed by atoms with Crippen LogP contribution in [0.15, 0.2) is 65.3 Å². The zero-order chi connectivity index (χ0) is 21.1. The molecule has 0 aliphatic carbocycles. The number of carbonyl (C=O) groups is 2. The molecule has 2 amide bonds. The third-order valence-electron chi connectivity index (χ3n) is 4.80. The van der Waals surface area contributed by atoms with Crippen molar-refractivity contribution in [2.75, 3.05) is 19.0 Å². The molecule has 5 nitrogen and oxygen atoms in total. The second-order valence-electron chi connectivity index (χ2n) is 6.98. The van der Waals surface area contributed by atoms with E-state index < -0.39 is 17.6 Å². The zero-order valence-electron chi connectivity index (χ0n) is 16.4. The van der Waals surface area contributed by atoms with E-state index in [1.165, 1.54) is 24.3 Å². The number of hydrogen-bond acceptors (Lipinski definition) is 4. The number of nitriles is 1. The number of hydrogen-bond donors (Lipinski definition) is 0. The van der Waals surface area contributed by atoms with Crippen molar-refractivity contribution in [3.63, 3.8) is 0 Å². The van der Waals surface area contributed by atoms with Gasteiger partial charge in [0.15, 0.2) is 0 Å². The molecule has 0 fully saturated rings. The maximum atomic E-state index is 13.2. The normalized spacial score (nSPS) is 15.7. The number of rotatable bonds is 4. The SMILES string of the molecule is CC1=C(C#N)C(=O)N(Cc2ccc(F)cc2)C(=O)/C1=C/c1ccc(N(C)C)cc1. The molecular weight excluding hydrogens is 369 g/mol. The highest BCUT2D eigenvalue weighted by molar-refractivity contribution is 6.19. The van der Waals surface area contributed by atoms with Gasteiger partial charge in [-0.2, -0.15) is 5.26 Å². The van der Waals surface area contributed by atoms with E-state index in [-0.39, 0.29) is 12.1 Å². The summed E-state index contributed by atoms with van der Waals surface area (Å²) in [5.41, 5.74) is 2.98. The van der Waals surface area contributed by atoms with E-state index in [4.69, 9.17) is 0 Å². The molecule has 0 saturated heterocycles. The second-order valence-corrected chi connectivity index (χ2v) is 6.98. The number of benzene rings is 2. The minimum Gasteiger partial charge on any atom is -0.378 e. The monoisotopic (exact) mass is 389 g/mol. The number of amides is 2. The quantitative estimate of drug-likeness (QED) is 0.591. The highest BCUT2D eigenvalue weighted by atomic mass is 19.1. The van der Waals surface area contributed by atoms with Gasteiger partial charge >= 0.3 is 0 Å². The number of nitrogens with zero attached hydrogens (tertiary/aromatic N) is 3. The summed E-state index contributed by atoms with van der Waals surface area (Å²) in [5.74, 6) is -1.52. The van der Waals surface area contributed by atoms with E-state index in [9.17, 15) is 19.2 Å². The van der Waals surface area contributed by atoms with Crippen LogP contribution >= 0.6 is 0 Å². The molecule has 0 N–H and O–H groups in total. The highest BCUT2D eigenvalue weighted by Gasteiger charge is 2.35. The summed E-state index contributed by atoms with van der Waals surface area (Å²) >= 11 is 0. The van der Waals surface area contributed by atoms with Gasteiger partial charge in [-0.3, -0.25) is 14.5 Å². The van der Waals surface area contributed by atoms with Crippen molar-refractivity contribution in [2.24, 2.45) is 0 Å². The summed E-state index contributed by atoms with van der Waals surface area (Å²) < 4.78 is 13.2. The van der Waals surface area contributed by atoms with Gasteiger partial charge in [0.2, 0.25) is 0 Å². The number of carbonyl (C=O) groups excluding carboxylic acids is 2. The maximum Gasteiger partial charge on any atom is 0.271 e. The summed E-state index contributed by atoms with van der Waals surface area (Å²) in [5, 5.41) is 9.47. The van der Waals surface area contributed by atoms with Crippen LogP contribution in [0.4, 0.5) is 10.1 Å². The van der Waals surface area contributed by atoms with Crippen LogP contribution in [-0.2, 0) is 16.1 Å². The molecule has 0 bridgehead atoms. The van der Waals surface area contributed by atoms with Crippen LogP contribution in [0.25, 0.3) is 6.08 Å². The summed E-state index contributed by atoms with van der Waals surface area (Å²) in [6.45, 7) is 1.57. The number of halogens is 1. The van der Waals surface area contributed by atoms with Gasteiger partial charge in [0.1, 0.15) is 17.5 Å². The minimum absolute atomic E-state index is 0.0344. The Morgan fingerprint density at radius 2 is 1.66 bits per heavy atom. The van der Waals surface area contributed by atoms with Gasteiger partial charge in [-0.15, -0.1) is 0 Å². The predicted molar refractivity (Wildman–Crippen MR) is 109 cm³/mol. The van der Waals surface area contributed by atoms with Crippen LogP contribution in [0.5, 0.6) is 0 Å². The fraction of sp³-hybridized carbons (Fsp3) is 0.174. The summed E-state index contributed by atoms with van der Waals surface area (Å²) in [7, 11) is 3.87. The molecule has 29 heavy (non-hydrogen) atoms. The van der Waals surface area contributed by atoms with E-state index in [1.807, 2.05) is 49.3 Å². The molecule has 0 saturated carbocycles. The second kappa shape index (κ2) is 8.11. The predicted octanol–water partition coefficient (Wildman–Crippen LogP) is 3.68. The van der Waals surface area contributed by atoms with E-state index >= 15 is 0 Å². The molecule has 1 heterocycles. The fourth-order valence-electron chi connectivity index (χ4n) is 3.08. The van der Waals surface area contributed by atoms with E-state index in [0.717, 1.165) is 16.2 Å². The van der Waals surface area contributed by atoms with Crippen LogP contribution in [0.3, 0.4) is 0 Å². The molecule has 1 aliphatic rings. The Morgan fingerprint density at radius 1 is 1.03 bits per heavy atom. The zero-order valence-corrected chi connectivity index (χ0v) is 16.4. The van der Waals surface area contributed by atoms with Crippen molar-refractivity contribution in [1.82, 2.24) is 4.90 Å². The lowest BCUT2D eigenvalue weighted by Gasteiger charge is -2.27. The topological polar surface area (TPSA) is 64.4 Å². The summed E-state index contributed by atoms with van der Waals surface area (Å²) in [6.07, 6.45) is 1.68. The Labute approximate surface area is 169 Å². The molecule has 6 heteroatoms. The lowest BCUT2D eigenvalue weighted by molar-refractivity contribution is -0.141. The summed E-state index contributed by atoms with van der Waals surface area (Å²) in [4.78, 5) is 28.7. The number of anilines is 1. The van der Waals surface area contributed by atoms with Crippen LogP contribution in [0.2, 0.25) is 0 Å². The third kappa shape index (κ3) is 4.09. The highest BCUT2D eigenvalue weighted by Crippen LogP contribution is 2.28. The molecule has 0 unspecified atom stereocenters. The molecule has 2 aromatic rings. The molecule has 0 spiro atoms. The Balaban J connectivity index is 2.00. The Kier molecular flexibility index (Phi) is 5.60. The van der Waals surface area contributed by atoms with Gasteiger partial charge in [-0.1, -0.05) is 24.3 Å². The van der Waals surface area contributed by atoms with Gasteiger partial charge in [-0.25, -0.2) is 4.39 Å². The Hall–Kier alpha value is -3.72. The minimum atomic E-state index is -0.639. The van der Waals surface area contributed by atoms with Crippen LogP contribution in [-0.4, -0.2) is 30.8 Å². The molecule has 0 atom stereocenters. The lowest BCUT2D eigenvalue weighted by atomic mass is 9.93. The Bertz CT molecular complexity index is 1060. The Morgan fingerprint density at radius 3 is 2.21 bits per heavy atom. The largest absolute Gasteiger partial charge is 0.378 e. The van der Waals surface area contributed by atoms with Gasteiger partial charge in [0, 0.05) is 25.4 Å². The third-order valence-corrected chi connectivity index (χ3v) is 4.80. The molecular formula is C23H20FN3O2. The van der Waals surface area contributed by atoms with Crippen LogP contribution < -0.4 is 4.90 Å². The molecule has 1 aliphatic heterocycles. The van der Waals surface area contributed by atoms with Gasteiger partial charge < -0.3 is 4.90 Å². The van der Waals surface area contributed by atoms with E-state index in [2.05, 4.69) is 0 Å². The van der Waals surface area contributed by atoms with Crippen molar-refractivity contribution in [1.29, 1.82) is 5.26 Å². The molecule has 3 rings (SSSR count). The smallest absolute Gasteiger partial charge is 0.271 e. The van der Waals surface area contributed by atoms with Crippen molar-refractivity contribution in [3.05, 3.63) is 82.2 Å². The standard InChI is InChI=1S/C23H20FN3O2/c1-15-20(12-16-6-10-19(11-7-16)26(2)3)22(28)27(23(29)21(15)13-25)14-17-4-8-18(24)9-5-17/h4-12H,14H2,1-3H3/b20-12+. The van der Waals surface area contributed by atoms with Crippen LogP contribution in [0.1, 0.15) is 18.1 Å². The average molecular weight is 389 g/mol. The first-order valence-corrected chi connectivity index (χ1v) is 9.03.